The van der Waals surface area contributed by atoms with Gasteiger partial charge in [-0.1, -0.05) is 24.3 Å². The van der Waals surface area contributed by atoms with Crippen molar-refractivity contribution >= 4 is 0 Å². The quantitative estimate of drug-likeness (QED) is 0.533. The number of hydrogen-bond acceptors (Lipinski definition) is 1. The van der Waals surface area contributed by atoms with Gasteiger partial charge in [-0.2, -0.15) is 0 Å². The Balaban J connectivity index is 2.20. The molecule has 0 saturated carbocycles. The molecule has 2 rings (SSSR count). The fourth-order valence-corrected chi connectivity index (χ4v) is 1.10. The number of epoxide rings is 1. The first-order valence-electron chi connectivity index (χ1n) is 3.50. The van der Waals surface area contributed by atoms with Gasteiger partial charge < -0.3 is 4.74 Å². The van der Waals surface area contributed by atoms with Gasteiger partial charge in [-0.05, 0) is 18.6 Å². The Labute approximate surface area is 60.6 Å². The van der Waals surface area contributed by atoms with E-state index in [0.29, 0.717) is 12.2 Å². The van der Waals surface area contributed by atoms with Crippen LogP contribution in [0.25, 0.3) is 0 Å². The van der Waals surface area contributed by atoms with Crippen LogP contribution in [-0.2, 0) is 4.74 Å². The summed E-state index contributed by atoms with van der Waals surface area (Å²) in [4.78, 5) is 0. The molecule has 1 heterocycles. The molecule has 2 atom stereocenters. The summed E-state index contributed by atoms with van der Waals surface area (Å²) in [6.45, 7) is 2.07. The van der Waals surface area contributed by atoms with E-state index in [-0.39, 0.29) is 0 Å². The van der Waals surface area contributed by atoms with Gasteiger partial charge in [-0.15, -0.1) is 0 Å². The molecule has 1 radical (unpaired) electrons. The van der Waals surface area contributed by atoms with Crippen molar-refractivity contribution in [3.8, 4) is 0 Å². The topological polar surface area (TPSA) is 12.5 Å². The molecule has 0 spiro atoms. The second-order valence-electron chi connectivity index (χ2n) is 2.58. The van der Waals surface area contributed by atoms with Gasteiger partial charge in [0.1, 0.15) is 6.10 Å². The van der Waals surface area contributed by atoms with E-state index in [2.05, 4.69) is 13.0 Å². The summed E-state index contributed by atoms with van der Waals surface area (Å²) in [6.07, 6.45) is 0.722. The molecule has 1 heteroatoms. The Kier molecular flexibility index (Phi) is 1.24. The molecule has 10 heavy (non-hydrogen) atoms. The highest BCUT2D eigenvalue weighted by Gasteiger charge is 2.35. The Morgan fingerprint density at radius 1 is 1.50 bits per heavy atom. The lowest BCUT2D eigenvalue weighted by Crippen LogP contribution is -1.81. The van der Waals surface area contributed by atoms with E-state index >= 15 is 0 Å². The Morgan fingerprint density at radius 3 is 2.80 bits per heavy atom. The molecule has 1 aromatic rings. The second-order valence-corrected chi connectivity index (χ2v) is 2.58. The molecule has 2 unspecified atom stereocenters. The van der Waals surface area contributed by atoms with E-state index in [0.717, 1.165) is 0 Å². The number of ether oxygens (including phenoxy) is 1. The molecular formula is C9H9O. The molecule has 1 aromatic carbocycles. The van der Waals surface area contributed by atoms with Crippen LogP contribution in [0.3, 0.4) is 0 Å². The van der Waals surface area contributed by atoms with Gasteiger partial charge in [0.15, 0.2) is 0 Å². The van der Waals surface area contributed by atoms with E-state index in [1.54, 1.807) is 0 Å². The summed E-state index contributed by atoms with van der Waals surface area (Å²) in [5.74, 6) is 0. The SMILES string of the molecule is CC1OC1c1[c]cccc1. The molecular weight excluding hydrogens is 124 g/mol. The predicted molar refractivity (Wildman–Crippen MR) is 38.6 cm³/mol. The third-order valence-corrected chi connectivity index (χ3v) is 1.75. The van der Waals surface area contributed by atoms with Crippen LogP contribution in [-0.4, -0.2) is 6.10 Å². The summed E-state index contributed by atoms with van der Waals surface area (Å²) >= 11 is 0. The molecule has 1 saturated heterocycles. The van der Waals surface area contributed by atoms with Gasteiger partial charge in [-0.3, -0.25) is 0 Å². The fourth-order valence-electron chi connectivity index (χ4n) is 1.10. The van der Waals surface area contributed by atoms with E-state index < -0.39 is 0 Å². The maximum Gasteiger partial charge on any atom is 0.109 e. The van der Waals surface area contributed by atoms with E-state index in [9.17, 15) is 0 Å². The van der Waals surface area contributed by atoms with Gasteiger partial charge >= 0.3 is 0 Å². The zero-order valence-corrected chi connectivity index (χ0v) is 5.87. The average Bonchev–Trinajstić information content (AvgIpc) is 2.69. The van der Waals surface area contributed by atoms with Crippen LogP contribution in [0.2, 0.25) is 0 Å². The van der Waals surface area contributed by atoms with Crippen molar-refractivity contribution in [1.82, 2.24) is 0 Å². The third-order valence-electron chi connectivity index (χ3n) is 1.75. The van der Waals surface area contributed by atoms with Gasteiger partial charge in [0.25, 0.3) is 0 Å². The van der Waals surface area contributed by atoms with Crippen LogP contribution < -0.4 is 0 Å². The van der Waals surface area contributed by atoms with Crippen LogP contribution in [0.15, 0.2) is 24.3 Å². The minimum atomic E-state index is 0.321. The largest absolute Gasteiger partial charge is 0.365 e. The predicted octanol–water partition coefficient (Wildman–Crippen LogP) is 1.95. The van der Waals surface area contributed by atoms with Crippen LogP contribution >= 0.6 is 0 Å². The molecule has 1 fully saturated rings. The average molecular weight is 133 g/mol. The Morgan fingerprint density at radius 2 is 2.30 bits per heavy atom. The van der Waals surface area contributed by atoms with Gasteiger partial charge in [0.2, 0.25) is 0 Å². The molecule has 1 aliphatic heterocycles. The van der Waals surface area contributed by atoms with Crippen molar-refractivity contribution in [2.24, 2.45) is 0 Å². The third kappa shape index (κ3) is 0.929. The molecule has 0 N–H and O–H groups in total. The van der Waals surface area contributed by atoms with Crippen LogP contribution in [0, 0.1) is 6.07 Å². The highest BCUT2D eigenvalue weighted by Crippen LogP contribution is 2.37. The maximum atomic E-state index is 5.27. The van der Waals surface area contributed by atoms with Crippen molar-refractivity contribution in [1.29, 1.82) is 0 Å². The number of benzene rings is 1. The van der Waals surface area contributed by atoms with Gasteiger partial charge in [0.05, 0.1) is 6.10 Å². The maximum absolute atomic E-state index is 5.27. The molecule has 0 aliphatic carbocycles. The van der Waals surface area contributed by atoms with E-state index in [4.69, 9.17) is 4.74 Å². The van der Waals surface area contributed by atoms with Crippen molar-refractivity contribution in [2.75, 3.05) is 0 Å². The monoisotopic (exact) mass is 133 g/mol. The van der Waals surface area contributed by atoms with Crippen LogP contribution in [0.1, 0.15) is 18.6 Å². The first-order valence-corrected chi connectivity index (χ1v) is 3.50. The lowest BCUT2D eigenvalue weighted by Gasteiger charge is -1.90. The number of hydrogen-bond donors (Lipinski definition) is 0. The Hall–Kier alpha value is -0.820. The molecule has 0 aromatic heterocycles. The summed E-state index contributed by atoms with van der Waals surface area (Å²) in [6, 6.07) is 11.1. The van der Waals surface area contributed by atoms with Crippen molar-refractivity contribution in [3.63, 3.8) is 0 Å². The normalized spacial score (nSPS) is 30.1. The standard InChI is InChI=1S/C9H9O/c1-7-9(10-7)8-5-3-2-4-6-8/h2-5,7,9H,1H3. The van der Waals surface area contributed by atoms with Crippen LogP contribution in [0.4, 0.5) is 0 Å². The van der Waals surface area contributed by atoms with Crippen molar-refractivity contribution in [2.45, 2.75) is 19.1 Å². The van der Waals surface area contributed by atoms with Gasteiger partial charge in [0, 0.05) is 0 Å². The summed E-state index contributed by atoms with van der Waals surface area (Å²) in [5.41, 5.74) is 1.18. The summed E-state index contributed by atoms with van der Waals surface area (Å²) in [5, 5.41) is 0. The molecule has 51 valence electrons. The summed E-state index contributed by atoms with van der Waals surface area (Å²) < 4.78 is 5.27. The highest BCUT2D eigenvalue weighted by molar-refractivity contribution is 5.20. The van der Waals surface area contributed by atoms with Gasteiger partial charge in [-0.25, -0.2) is 0 Å². The van der Waals surface area contributed by atoms with Crippen LogP contribution in [0.5, 0.6) is 0 Å². The molecule has 1 aliphatic rings. The fraction of sp³-hybridized carbons (Fsp3) is 0.333. The molecule has 1 nitrogen and oxygen atoms in total. The number of rotatable bonds is 1. The lowest BCUT2D eigenvalue weighted by atomic mass is 10.1. The van der Waals surface area contributed by atoms with E-state index in [1.165, 1.54) is 5.56 Å². The van der Waals surface area contributed by atoms with E-state index in [1.807, 2.05) is 24.3 Å². The first-order chi connectivity index (χ1) is 4.88. The van der Waals surface area contributed by atoms with Crippen molar-refractivity contribution < 1.29 is 4.74 Å². The lowest BCUT2D eigenvalue weighted by molar-refractivity contribution is 0.383. The summed E-state index contributed by atoms with van der Waals surface area (Å²) in [7, 11) is 0. The highest BCUT2D eigenvalue weighted by atomic mass is 16.6. The molecule has 0 amide bonds. The minimum Gasteiger partial charge on any atom is -0.365 e. The zero-order chi connectivity index (χ0) is 6.97. The molecule has 0 bridgehead atoms. The van der Waals surface area contributed by atoms with Crippen molar-refractivity contribution in [3.05, 3.63) is 35.9 Å². The zero-order valence-electron chi connectivity index (χ0n) is 5.87. The second kappa shape index (κ2) is 2.10. The minimum absolute atomic E-state index is 0.321. The Bertz CT molecular complexity index is 217. The smallest absolute Gasteiger partial charge is 0.109 e. The first kappa shape index (κ1) is 5.93.